The van der Waals surface area contributed by atoms with Crippen LogP contribution in [0.25, 0.3) is 0 Å². The summed E-state index contributed by atoms with van der Waals surface area (Å²) in [7, 11) is 3.92. The smallest absolute Gasteiger partial charge is 0.127 e. The van der Waals surface area contributed by atoms with Gasteiger partial charge in [0.15, 0.2) is 0 Å². The minimum Gasteiger partial charge on any atom is -0.317 e. The van der Waals surface area contributed by atoms with Gasteiger partial charge < -0.3 is 10.2 Å². The van der Waals surface area contributed by atoms with Gasteiger partial charge in [-0.1, -0.05) is 12.1 Å². The molecule has 1 aromatic carbocycles. The third kappa shape index (κ3) is 3.79. The third-order valence-corrected chi connectivity index (χ3v) is 3.59. The van der Waals surface area contributed by atoms with Crippen LogP contribution in [0.4, 0.5) is 4.39 Å². The fourth-order valence-corrected chi connectivity index (χ4v) is 2.61. The predicted molar refractivity (Wildman–Crippen MR) is 73.1 cm³/mol. The van der Waals surface area contributed by atoms with Gasteiger partial charge in [0.2, 0.25) is 0 Å². The average Bonchev–Trinajstić information content (AvgIpc) is 2.33. The van der Waals surface area contributed by atoms with Crippen molar-refractivity contribution in [2.45, 2.75) is 25.8 Å². The van der Waals surface area contributed by atoms with Gasteiger partial charge in [-0.05, 0) is 64.0 Å². The Morgan fingerprint density at radius 1 is 1.28 bits per heavy atom. The van der Waals surface area contributed by atoms with E-state index < -0.39 is 0 Å². The molecule has 3 heteroatoms. The molecule has 1 N–H and O–H groups in total. The molecule has 1 aliphatic heterocycles. The first-order valence-electron chi connectivity index (χ1n) is 6.78. The first-order valence-corrected chi connectivity index (χ1v) is 6.78. The minimum atomic E-state index is -0.0601. The second-order valence-corrected chi connectivity index (χ2v) is 5.56. The maximum absolute atomic E-state index is 13.9. The minimum absolute atomic E-state index is 0.0601. The highest BCUT2D eigenvalue weighted by Crippen LogP contribution is 2.20. The van der Waals surface area contributed by atoms with Crippen molar-refractivity contribution in [1.82, 2.24) is 10.2 Å². The number of hydrogen-bond acceptors (Lipinski definition) is 2. The van der Waals surface area contributed by atoms with Crippen molar-refractivity contribution in [3.05, 3.63) is 35.1 Å². The van der Waals surface area contributed by atoms with Gasteiger partial charge in [0.05, 0.1) is 0 Å². The number of piperidine rings is 1. The largest absolute Gasteiger partial charge is 0.317 e. The second kappa shape index (κ2) is 6.30. The van der Waals surface area contributed by atoms with Crippen LogP contribution >= 0.6 is 0 Å². The van der Waals surface area contributed by atoms with Crippen molar-refractivity contribution in [2.24, 2.45) is 5.92 Å². The van der Waals surface area contributed by atoms with E-state index in [0.717, 1.165) is 30.6 Å². The predicted octanol–water partition coefficient (Wildman–Crippen LogP) is 2.43. The quantitative estimate of drug-likeness (QED) is 0.883. The molecule has 1 fully saturated rings. The SMILES string of the molecule is CN(C)Cc1ccc(CC2CCNCC2)cc1F. The van der Waals surface area contributed by atoms with Crippen molar-refractivity contribution in [3.8, 4) is 0 Å². The maximum atomic E-state index is 13.9. The van der Waals surface area contributed by atoms with Crippen LogP contribution < -0.4 is 5.32 Å². The van der Waals surface area contributed by atoms with E-state index in [1.807, 2.05) is 25.1 Å². The highest BCUT2D eigenvalue weighted by atomic mass is 19.1. The lowest BCUT2D eigenvalue weighted by molar-refractivity contribution is 0.371. The summed E-state index contributed by atoms with van der Waals surface area (Å²) in [5.74, 6) is 0.653. The van der Waals surface area contributed by atoms with Gasteiger partial charge in [-0.25, -0.2) is 4.39 Å². The van der Waals surface area contributed by atoms with Gasteiger partial charge in [-0.2, -0.15) is 0 Å². The van der Waals surface area contributed by atoms with E-state index in [2.05, 4.69) is 11.4 Å². The summed E-state index contributed by atoms with van der Waals surface area (Å²) < 4.78 is 13.9. The van der Waals surface area contributed by atoms with Crippen LogP contribution in [-0.4, -0.2) is 32.1 Å². The van der Waals surface area contributed by atoms with Crippen LogP contribution in [-0.2, 0) is 13.0 Å². The molecule has 0 spiro atoms. The van der Waals surface area contributed by atoms with Gasteiger partial charge in [-0.3, -0.25) is 0 Å². The fourth-order valence-electron chi connectivity index (χ4n) is 2.61. The van der Waals surface area contributed by atoms with Gasteiger partial charge in [0.1, 0.15) is 5.82 Å². The van der Waals surface area contributed by atoms with Crippen LogP contribution in [0.5, 0.6) is 0 Å². The number of nitrogens with one attached hydrogen (secondary N) is 1. The van der Waals surface area contributed by atoms with E-state index in [1.165, 1.54) is 12.8 Å². The highest BCUT2D eigenvalue weighted by molar-refractivity contribution is 5.24. The molecule has 0 aliphatic carbocycles. The van der Waals surface area contributed by atoms with Crippen LogP contribution in [0.2, 0.25) is 0 Å². The van der Waals surface area contributed by atoms with E-state index in [-0.39, 0.29) is 5.82 Å². The van der Waals surface area contributed by atoms with Crippen molar-refractivity contribution < 1.29 is 4.39 Å². The zero-order valence-corrected chi connectivity index (χ0v) is 11.4. The molecule has 0 amide bonds. The molecule has 1 aromatic rings. The van der Waals surface area contributed by atoms with E-state index in [0.29, 0.717) is 12.5 Å². The molecule has 2 nitrogen and oxygen atoms in total. The van der Waals surface area contributed by atoms with E-state index >= 15 is 0 Å². The summed E-state index contributed by atoms with van der Waals surface area (Å²) >= 11 is 0. The number of hydrogen-bond donors (Lipinski definition) is 1. The van der Waals surface area contributed by atoms with E-state index in [4.69, 9.17) is 0 Å². The normalized spacial score (nSPS) is 17.3. The lowest BCUT2D eigenvalue weighted by atomic mass is 9.90. The summed E-state index contributed by atoms with van der Waals surface area (Å²) in [5, 5.41) is 3.36. The Hall–Kier alpha value is -0.930. The molecule has 1 heterocycles. The maximum Gasteiger partial charge on any atom is 0.127 e. The molecule has 0 unspecified atom stereocenters. The molecular formula is C15H23FN2. The summed E-state index contributed by atoms with van der Waals surface area (Å²) in [6.45, 7) is 2.87. The lowest BCUT2D eigenvalue weighted by Gasteiger charge is -2.22. The lowest BCUT2D eigenvalue weighted by Crippen LogP contribution is -2.28. The van der Waals surface area contributed by atoms with Gasteiger partial charge in [0, 0.05) is 12.1 Å². The monoisotopic (exact) mass is 250 g/mol. The summed E-state index contributed by atoms with van der Waals surface area (Å²) in [6, 6.07) is 5.75. The molecule has 2 rings (SSSR count). The summed E-state index contributed by atoms with van der Waals surface area (Å²) in [6.07, 6.45) is 3.43. The Morgan fingerprint density at radius 2 is 2.00 bits per heavy atom. The van der Waals surface area contributed by atoms with Crippen LogP contribution in [0.15, 0.2) is 18.2 Å². The summed E-state index contributed by atoms with van der Waals surface area (Å²) in [4.78, 5) is 1.99. The first-order chi connectivity index (χ1) is 8.65. The highest BCUT2D eigenvalue weighted by Gasteiger charge is 2.14. The Morgan fingerprint density at radius 3 is 2.61 bits per heavy atom. The fraction of sp³-hybridized carbons (Fsp3) is 0.600. The number of halogens is 1. The molecule has 0 saturated carbocycles. The standard InChI is InChI=1S/C15H23FN2/c1-18(2)11-14-4-3-13(10-15(14)16)9-12-5-7-17-8-6-12/h3-4,10,12,17H,5-9,11H2,1-2H3. The third-order valence-electron chi connectivity index (χ3n) is 3.59. The number of benzene rings is 1. The molecule has 18 heavy (non-hydrogen) atoms. The molecule has 1 saturated heterocycles. The van der Waals surface area contributed by atoms with Crippen molar-refractivity contribution in [3.63, 3.8) is 0 Å². The van der Waals surface area contributed by atoms with Crippen molar-refractivity contribution >= 4 is 0 Å². The van der Waals surface area contributed by atoms with Crippen molar-refractivity contribution in [2.75, 3.05) is 27.2 Å². The molecule has 100 valence electrons. The van der Waals surface area contributed by atoms with Crippen LogP contribution in [0.1, 0.15) is 24.0 Å². The average molecular weight is 250 g/mol. The van der Waals surface area contributed by atoms with E-state index in [9.17, 15) is 4.39 Å². The zero-order valence-electron chi connectivity index (χ0n) is 11.4. The van der Waals surface area contributed by atoms with Crippen LogP contribution in [0, 0.1) is 11.7 Å². The Labute approximate surface area is 109 Å². The van der Waals surface area contributed by atoms with Gasteiger partial charge in [-0.15, -0.1) is 0 Å². The van der Waals surface area contributed by atoms with Gasteiger partial charge in [0.25, 0.3) is 0 Å². The van der Waals surface area contributed by atoms with Crippen molar-refractivity contribution in [1.29, 1.82) is 0 Å². The Balaban J connectivity index is 1.99. The molecule has 0 radical (unpaired) electrons. The zero-order chi connectivity index (χ0) is 13.0. The topological polar surface area (TPSA) is 15.3 Å². The molecule has 0 atom stereocenters. The van der Waals surface area contributed by atoms with Gasteiger partial charge >= 0.3 is 0 Å². The summed E-state index contributed by atoms with van der Waals surface area (Å²) in [5.41, 5.74) is 1.93. The van der Waals surface area contributed by atoms with Crippen LogP contribution in [0.3, 0.4) is 0 Å². The Bertz CT molecular complexity index is 384. The number of nitrogens with zero attached hydrogens (tertiary/aromatic N) is 1. The first kappa shape index (κ1) is 13.5. The number of rotatable bonds is 4. The molecule has 0 bridgehead atoms. The Kier molecular flexibility index (Phi) is 4.72. The molecule has 0 aromatic heterocycles. The van der Waals surface area contributed by atoms with E-state index in [1.54, 1.807) is 6.07 Å². The second-order valence-electron chi connectivity index (χ2n) is 5.56. The molecular weight excluding hydrogens is 227 g/mol. The molecule has 1 aliphatic rings.